The van der Waals surface area contributed by atoms with E-state index in [1.165, 1.54) is 24.0 Å². The quantitative estimate of drug-likeness (QED) is 0.449. The maximum Gasteiger partial charge on any atom is 0.221 e. The van der Waals surface area contributed by atoms with Gasteiger partial charge in [-0.2, -0.15) is 0 Å². The van der Waals surface area contributed by atoms with Crippen molar-refractivity contribution in [1.29, 1.82) is 0 Å². The fraction of sp³-hybridized carbons (Fsp3) is 0.269. The number of rotatable bonds is 10. The summed E-state index contributed by atoms with van der Waals surface area (Å²) < 4.78 is 16.3. The molecule has 0 fully saturated rings. The fourth-order valence-corrected chi connectivity index (χ4v) is 4.85. The minimum absolute atomic E-state index is 0.0128. The molecule has 2 N–H and O–H groups in total. The summed E-state index contributed by atoms with van der Waals surface area (Å²) >= 11 is 1.74. The second-order valence-electron chi connectivity index (χ2n) is 7.70. The number of aliphatic hydroxyl groups is 1. The van der Waals surface area contributed by atoms with Crippen molar-refractivity contribution in [3.63, 3.8) is 0 Å². The average molecular weight is 481 g/mol. The fourth-order valence-electron chi connectivity index (χ4n) is 3.75. The minimum Gasteiger partial charge on any atom is -0.493 e. The Labute approximate surface area is 203 Å². The Morgan fingerprint density at radius 2 is 1.53 bits per heavy atom. The first-order valence-corrected chi connectivity index (χ1v) is 11.8. The monoisotopic (exact) mass is 480 g/mol. The smallest absolute Gasteiger partial charge is 0.221 e. The van der Waals surface area contributed by atoms with E-state index in [4.69, 9.17) is 14.2 Å². The SMILES string of the molecule is COc1cccc(OC)c1OCC(O)CNC(=O)CCN1c2ccccc2Sc2ccccc21. The molecule has 0 saturated heterocycles. The number of carbonyl (C=O) groups is 1. The van der Waals surface area contributed by atoms with Crippen LogP contribution < -0.4 is 24.4 Å². The molecule has 4 rings (SSSR count). The van der Waals surface area contributed by atoms with Crippen molar-refractivity contribution >= 4 is 29.0 Å². The van der Waals surface area contributed by atoms with E-state index in [9.17, 15) is 9.90 Å². The molecule has 0 radical (unpaired) electrons. The van der Waals surface area contributed by atoms with Gasteiger partial charge in [-0.1, -0.05) is 42.1 Å². The Morgan fingerprint density at radius 3 is 2.12 bits per heavy atom. The van der Waals surface area contributed by atoms with Crippen LogP contribution in [0.4, 0.5) is 11.4 Å². The molecule has 1 heterocycles. The van der Waals surface area contributed by atoms with Gasteiger partial charge in [-0.25, -0.2) is 0 Å². The Kier molecular flexibility index (Phi) is 7.82. The third-order valence-corrected chi connectivity index (χ3v) is 6.56. The van der Waals surface area contributed by atoms with E-state index >= 15 is 0 Å². The molecule has 0 saturated carbocycles. The number of aliphatic hydroxyl groups excluding tert-OH is 1. The van der Waals surface area contributed by atoms with Crippen LogP contribution in [0.2, 0.25) is 0 Å². The zero-order valence-electron chi connectivity index (χ0n) is 19.2. The van der Waals surface area contributed by atoms with Crippen LogP contribution in [-0.4, -0.2) is 51.0 Å². The van der Waals surface area contributed by atoms with Crippen LogP contribution in [0.25, 0.3) is 0 Å². The predicted molar refractivity (Wildman–Crippen MR) is 133 cm³/mol. The number of hydrogen-bond acceptors (Lipinski definition) is 7. The first kappa shape index (κ1) is 23.8. The van der Waals surface area contributed by atoms with Gasteiger partial charge in [-0.05, 0) is 36.4 Å². The Hall–Kier alpha value is -3.36. The first-order chi connectivity index (χ1) is 16.6. The summed E-state index contributed by atoms with van der Waals surface area (Å²) in [5.74, 6) is 1.30. The summed E-state index contributed by atoms with van der Waals surface area (Å²) in [6.07, 6.45) is -0.590. The van der Waals surface area contributed by atoms with Crippen molar-refractivity contribution in [2.75, 3.05) is 38.8 Å². The standard InChI is InChI=1S/C26H28N2O5S/c1-31-21-10-7-11-22(32-2)26(21)33-17-18(29)16-27-25(30)14-15-28-19-8-3-5-12-23(19)34-24-13-6-4-9-20(24)28/h3-13,18,29H,14-17H2,1-2H3,(H,27,30). The number of para-hydroxylation sites is 3. The zero-order chi connectivity index (χ0) is 23.9. The van der Waals surface area contributed by atoms with Gasteiger partial charge in [0.15, 0.2) is 11.5 Å². The van der Waals surface area contributed by atoms with Crippen molar-refractivity contribution in [1.82, 2.24) is 5.32 Å². The number of fused-ring (bicyclic) bond motifs is 2. The lowest BCUT2D eigenvalue weighted by Gasteiger charge is -2.32. The second-order valence-corrected chi connectivity index (χ2v) is 8.78. The van der Waals surface area contributed by atoms with Crippen LogP contribution in [0.3, 0.4) is 0 Å². The molecule has 0 bridgehead atoms. The molecule has 178 valence electrons. The molecule has 1 aliphatic rings. The van der Waals surface area contributed by atoms with Crippen LogP contribution in [0.15, 0.2) is 76.5 Å². The maximum atomic E-state index is 12.6. The molecule has 0 aliphatic carbocycles. The lowest BCUT2D eigenvalue weighted by Crippen LogP contribution is -2.36. The number of nitrogens with zero attached hydrogens (tertiary/aromatic N) is 1. The molecule has 3 aromatic rings. The summed E-state index contributed by atoms with van der Waals surface area (Å²) in [5.41, 5.74) is 2.19. The Morgan fingerprint density at radius 1 is 0.941 bits per heavy atom. The summed E-state index contributed by atoms with van der Waals surface area (Å²) in [6.45, 7) is 0.603. The molecule has 1 unspecified atom stereocenters. The van der Waals surface area contributed by atoms with E-state index in [-0.39, 0.29) is 19.1 Å². The molecular weight excluding hydrogens is 452 g/mol. The van der Waals surface area contributed by atoms with E-state index in [0.717, 1.165) is 11.4 Å². The van der Waals surface area contributed by atoms with Gasteiger partial charge in [-0.15, -0.1) is 0 Å². The van der Waals surface area contributed by atoms with E-state index < -0.39 is 6.10 Å². The highest BCUT2D eigenvalue weighted by atomic mass is 32.2. The van der Waals surface area contributed by atoms with E-state index in [1.807, 2.05) is 24.3 Å². The average Bonchev–Trinajstić information content (AvgIpc) is 2.88. The third kappa shape index (κ3) is 5.40. The van der Waals surface area contributed by atoms with E-state index in [2.05, 4.69) is 34.5 Å². The van der Waals surface area contributed by atoms with Crippen LogP contribution in [0.5, 0.6) is 17.2 Å². The van der Waals surface area contributed by atoms with Crippen molar-refractivity contribution in [2.24, 2.45) is 0 Å². The summed E-state index contributed by atoms with van der Waals surface area (Å²) in [6, 6.07) is 21.7. The number of anilines is 2. The number of methoxy groups -OCH3 is 2. The molecular formula is C26H28N2O5S. The van der Waals surface area contributed by atoms with Crippen molar-refractivity contribution in [3.05, 3.63) is 66.7 Å². The Bertz CT molecular complexity index is 1070. The molecule has 0 spiro atoms. The van der Waals surface area contributed by atoms with Gasteiger partial charge in [0.1, 0.15) is 12.7 Å². The Balaban J connectivity index is 1.30. The molecule has 0 aromatic heterocycles. The molecule has 7 nitrogen and oxygen atoms in total. The van der Waals surface area contributed by atoms with Crippen LogP contribution >= 0.6 is 11.8 Å². The predicted octanol–water partition coefficient (Wildman–Crippen LogP) is 4.25. The summed E-state index contributed by atoms with van der Waals surface area (Å²) in [4.78, 5) is 17.1. The third-order valence-electron chi connectivity index (χ3n) is 5.43. The van der Waals surface area contributed by atoms with Crippen LogP contribution in [0.1, 0.15) is 6.42 Å². The van der Waals surface area contributed by atoms with Gasteiger partial charge in [0, 0.05) is 29.3 Å². The number of nitrogens with one attached hydrogen (secondary N) is 1. The molecule has 3 aromatic carbocycles. The van der Waals surface area contributed by atoms with Gasteiger partial charge in [0.05, 0.1) is 25.6 Å². The zero-order valence-corrected chi connectivity index (χ0v) is 20.0. The normalized spacial score (nSPS) is 12.9. The maximum absolute atomic E-state index is 12.6. The van der Waals surface area contributed by atoms with Gasteiger partial charge < -0.3 is 29.5 Å². The van der Waals surface area contributed by atoms with Crippen molar-refractivity contribution in [2.45, 2.75) is 22.3 Å². The highest BCUT2D eigenvalue weighted by Crippen LogP contribution is 2.47. The molecule has 1 atom stereocenters. The molecule has 1 aliphatic heterocycles. The number of amides is 1. The van der Waals surface area contributed by atoms with Crippen molar-refractivity contribution < 1.29 is 24.1 Å². The molecule has 34 heavy (non-hydrogen) atoms. The highest BCUT2D eigenvalue weighted by molar-refractivity contribution is 7.99. The number of carbonyl (C=O) groups excluding carboxylic acids is 1. The molecule has 8 heteroatoms. The molecule has 1 amide bonds. The number of hydrogen-bond donors (Lipinski definition) is 2. The lowest BCUT2D eigenvalue weighted by molar-refractivity contribution is -0.121. The van der Waals surface area contributed by atoms with E-state index in [0.29, 0.717) is 30.2 Å². The van der Waals surface area contributed by atoms with Crippen LogP contribution in [0, 0.1) is 0 Å². The van der Waals surface area contributed by atoms with Crippen LogP contribution in [-0.2, 0) is 4.79 Å². The van der Waals surface area contributed by atoms with E-state index in [1.54, 1.807) is 30.0 Å². The minimum atomic E-state index is -0.883. The number of benzene rings is 3. The topological polar surface area (TPSA) is 80.3 Å². The highest BCUT2D eigenvalue weighted by Gasteiger charge is 2.23. The van der Waals surface area contributed by atoms with Gasteiger partial charge in [-0.3, -0.25) is 4.79 Å². The van der Waals surface area contributed by atoms with Gasteiger partial charge in [0.2, 0.25) is 11.7 Å². The largest absolute Gasteiger partial charge is 0.493 e. The van der Waals surface area contributed by atoms with Gasteiger partial charge >= 0.3 is 0 Å². The van der Waals surface area contributed by atoms with Gasteiger partial charge in [0.25, 0.3) is 0 Å². The lowest BCUT2D eigenvalue weighted by atomic mass is 10.2. The summed E-state index contributed by atoms with van der Waals surface area (Å²) in [7, 11) is 3.08. The van der Waals surface area contributed by atoms with Crippen molar-refractivity contribution in [3.8, 4) is 17.2 Å². The second kappa shape index (κ2) is 11.2. The number of ether oxygens (including phenoxy) is 3. The first-order valence-electron chi connectivity index (χ1n) is 11.0. The summed E-state index contributed by atoms with van der Waals surface area (Å²) in [5, 5.41) is 13.1.